The topological polar surface area (TPSA) is 72.2 Å². The molecule has 0 fully saturated rings. The molecule has 5 nitrogen and oxygen atoms in total. The maximum Gasteiger partial charge on any atom is 0.269 e. The molecule has 1 aliphatic heterocycles. The van der Waals surface area contributed by atoms with Crippen molar-refractivity contribution < 1.29 is 9.72 Å². The van der Waals surface area contributed by atoms with Crippen molar-refractivity contribution in [2.24, 2.45) is 0 Å². The Bertz CT molecular complexity index is 495. The molecule has 0 radical (unpaired) electrons. The van der Waals surface area contributed by atoms with E-state index in [0.717, 1.165) is 11.1 Å². The Labute approximate surface area is 99.0 Å². The van der Waals surface area contributed by atoms with Crippen LogP contribution >= 0.6 is 0 Å². The average molecular weight is 234 g/mol. The van der Waals surface area contributed by atoms with E-state index >= 15 is 0 Å². The van der Waals surface area contributed by atoms with Crippen LogP contribution in [-0.2, 0) is 16.8 Å². The molecule has 1 heterocycles. The highest BCUT2D eigenvalue weighted by atomic mass is 16.6. The van der Waals surface area contributed by atoms with Gasteiger partial charge in [-0.1, -0.05) is 6.07 Å². The average Bonchev–Trinajstić information content (AvgIpc) is 2.35. The van der Waals surface area contributed by atoms with Gasteiger partial charge in [0.1, 0.15) is 0 Å². The lowest BCUT2D eigenvalue weighted by atomic mass is 9.89. The molecule has 17 heavy (non-hydrogen) atoms. The molecule has 2 rings (SSSR count). The summed E-state index contributed by atoms with van der Waals surface area (Å²) in [7, 11) is 0. The number of nitrogens with one attached hydrogen (secondary N) is 1. The molecule has 1 aromatic rings. The SMILES string of the molecule is CC1(C)NC(=O)CCc2ccc([N+](=O)[O-])cc21. The van der Waals surface area contributed by atoms with Crippen molar-refractivity contribution in [2.45, 2.75) is 32.2 Å². The molecule has 0 spiro atoms. The van der Waals surface area contributed by atoms with Gasteiger partial charge in [0.15, 0.2) is 0 Å². The minimum absolute atomic E-state index is 0.0196. The molecule has 0 aliphatic carbocycles. The maximum absolute atomic E-state index is 11.5. The van der Waals surface area contributed by atoms with Gasteiger partial charge in [-0.3, -0.25) is 14.9 Å². The fraction of sp³-hybridized carbons (Fsp3) is 0.417. The van der Waals surface area contributed by atoms with Crippen LogP contribution in [0, 0.1) is 10.1 Å². The summed E-state index contributed by atoms with van der Waals surface area (Å²) in [6.45, 7) is 3.72. The number of nitro groups is 1. The summed E-state index contributed by atoms with van der Waals surface area (Å²) >= 11 is 0. The normalized spacial score (nSPS) is 17.9. The third-order valence-corrected chi connectivity index (χ3v) is 3.05. The number of nitrogens with zero attached hydrogens (tertiary/aromatic N) is 1. The van der Waals surface area contributed by atoms with Crippen molar-refractivity contribution in [1.82, 2.24) is 5.32 Å². The van der Waals surface area contributed by atoms with Crippen LogP contribution in [0.15, 0.2) is 18.2 Å². The van der Waals surface area contributed by atoms with Gasteiger partial charge < -0.3 is 5.32 Å². The summed E-state index contributed by atoms with van der Waals surface area (Å²) in [5, 5.41) is 13.6. The molecule has 1 N–H and O–H groups in total. The first-order valence-electron chi connectivity index (χ1n) is 5.49. The number of carbonyl (C=O) groups is 1. The van der Waals surface area contributed by atoms with Gasteiger partial charge in [-0.05, 0) is 31.4 Å². The molecule has 1 aromatic carbocycles. The van der Waals surface area contributed by atoms with Crippen LogP contribution in [0.4, 0.5) is 5.69 Å². The quantitative estimate of drug-likeness (QED) is 0.595. The van der Waals surface area contributed by atoms with Crippen molar-refractivity contribution in [3.05, 3.63) is 39.4 Å². The summed E-state index contributed by atoms with van der Waals surface area (Å²) in [5.41, 5.74) is 1.33. The molecule has 0 aromatic heterocycles. The number of amides is 1. The van der Waals surface area contributed by atoms with Gasteiger partial charge >= 0.3 is 0 Å². The number of non-ortho nitro benzene ring substituents is 1. The van der Waals surface area contributed by atoms with Crippen molar-refractivity contribution in [1.29, 1.82) is 0 Å². The van der Waals surface area contributed by atoms with E-state index in [0.29, 0.717) is 12.8 Å². The number of rotatable bonds is 1. The van der Waals surface area contributed by atoms with Crippen molar-refractivity contribution in [2.75, 3.05) is 0 Å². The summed E-state index contributed by atoms with van der Waals surface area (Å²) in [5.74, 6) is -0.0196. The Morgan fingerprint density at radius 2 is 2.06 bits per heavy atom. The van der Waals surface area contributed by atoms with Gasteiger partial charge in [-0.15, -0.1) is 0 Å². The second kappa shape index (κ2) is 3.84. The molecule has 0 unspecified atom stereocenters. The molecule has 1 amide bonds. The largest absolute Gasteiger partial charge is 0.347 e. The zero-order valence-electron chi connectivity index (χ0n) is 9.82. The van der Waals surface area contributed by atoms with E-state index in [1.807, 2.05) is 13.8 Å². The molecule has 1 aliphatic rings. The third-order valence-electron chi connectivity index (χ3n) is 3.05. The lowest BCUT2D eigenvalue weighted by Crippen LogP contribution is -2.39. The number of hydrogen-bond donors (Lipinski definition) is 1. The Hall–Kier alpha value is -1.91. The maximum atomic E-state index is 11.5. The summed E-state index contributed by atoms with van der Waals surface area (Å²) in [4.78, 5) is 21.9. The highest BCUT2D eigenvalue weighted by molar-refractivity contribution is 5.78. The van der Waals surface area contributed by atoms with Crippen LogP contribution in [0.5, 0.6) is 0 Å². The minimum atomic E-state index is -0.561. The van der Waals surface area contributed by atoms with Crippen LogP contribution in [-0.4, -0.2) is 10.8 Å². The monoisotopic (exact) mass is 234 g/mol. The van der Waals surface area contributed by atoms with E-state index in [2.05, 4.69) is 5.32 Å². The Balaban J connectivity index is 2.55. The smallest absolute Gasteiger partial charge is 0.269 e. The van der Waals surface area contributed by atoms with Crippen molar-refractivity contribution in [3.8, 4) is 0 Å². The van der Waals surface area contributed by atoms with Crippen LogP contribution in [0.25, 0.3) is 0 Å². The first-order valence-corrected chi connectivity index (χ1v) is 5.49. The number of nitro benzene ring substituents is 1. The molecule has 0 atom stereocenters. The van der Waals surface area contributed by atoms with Crippen LogP contribution < -0.4 is 5.32 Å². The van der Waals surface area contributed by atoms with Gasteiger partial charge in [-0.2, -0.15) is 0 Å². The standard InChI is InChI=1S/C12H14N2O3/c1-12(2)10-7-9(14(16)17)5-3-8(10)4-6-11(15)13-12/h3,5,7H,4,6H2,1-2H3,(H,13,15). The lowest BCUT2D eigenvalue weighted by Gasteiger charge is -2.26. The molecule has 0 bridgehead atoms. The molecular weight excluding hydrogens is 220 g/mol. The van der Waals surface area contributed by atoms with Gasteiger partial charge in [0.25, 0.3) is 5.69 Å². The highest BCUT2D eigenvalue weighted by Crippen LogP contribution is 2.30. The highest BCUT2D eigenvalue weighted by Gasteiger charge is 2.30. The van der Waals surface area contributed by atoms with E-state index in [1.54, 1.807) is 12.1 Å². The first kappa shape index (κ1) is 11.6. The van der Waals surface area contributed by atoms with E-state index in [4.69, 9.17) is 0 Å². The minimum Gasteiger partial charge on any atom is -0.347 e. The predicted octanol–water partition coefficient (Wildman–Crippen LogP) is 1.89. The fourth-order valence-electron chi connectivity index (χ4n) is 2.20. The molecule has 5 heteroatoms. The van der Waals surface area contributed by atoms with E-state index in [9.17, 15) is 14.9 Å². The summed E-state index contributed by atoms with van der Waals surface area (Å²) in [6, 6.07) is 4.79. The second-order valence-corrected chi connectivity index (χ2v) is 4.77. The van der Waals surface area contributed by atoms with Crippen LogP contribution in [0.1, 0.15) is 31.4 Å². The molecular formula is C12H14N2O3. The predicted molar refractivity (Wildman–Crippen MR) is 62.6 cm³/mol. The zero-order valence-corrected chi connectivity index (χ0v) is 9.82. The van der Waals surface area contributed by atoms with E-state index in [1.165, 1.54) is 6.07 Å². The number of aryl methyl sites for hydroxylation is 1. The van der Waals surface area contributed by atoms with Crippen LogP contribution in [0.2, 0.25) is 0 Å². The van der Waals surface area contributed by atoms with Gasteiger partial charge in [0, 0.05) is 18.6 Å². The second-order valence-electron chi connectivity index (χ2n) is 4.77. The molecule has 0 saturated carbocycles. The Morgan fingerprint density at radius 1 is 1.35 bits per heavy atom. The molecule has 90 valence electrons. The number of carbonyl (C=O) groups excluding carboxylic acids is 1. The molecule has 0 saturated heterocycles. The van der Waals surface area contributed by atoms with Crippen molar-refractivity contribution >= 4 is 11.6 Å². The summed E-state index contributed by atoms with van der Waals surface area (Å²) in [6.07, 6.45) is 1.05. The van der Waals surface area contributed by atoms with Crippen molar-refractivity contribution in [3.63, 3.8) is 0 Å². The zero-order chi connectivity index (χ0) is 12.6. The third kappa shape index (κ3) is 2.13. The van der Waals surface area contributed by atoms with Crippen LogP contribution in [0.3, 0.4) is 0 Å². The Kier molecular flexibility index (Phi) is 2.61. The van der Waals surface area contributed by atoms with E-state index in [-0.39, 0.29) is 11.6 Å². The number of benzene rings is 1. The number of fused-ring (bicyclic) bond motifs is 1. The van der Waals surface area contributed by atoms with Gasteiger partial charge in [-0.25, -0.2) is 0 Å². The first-order chi connectivity index (χ1) is 7.90. The summed E-state index contributed by atoms with van der Waals surface area (Å²) < 4.78 is 0. The van der Waals surface area contributed by atoms with E-state index < -0.39 is 10.5 Å². The Morgan fingerprint density at radius 3 is 2.71 bits per heavy atom. The van der Waals surface area contributed by atoms with Gasteiger partial charge in [0.2, 0.25) is 5.91 Å². The number of hydrogen-bond acceptors (Lipinski definition) is 3. The lowest BCUT2D eigenvalue weighted by molar-refractivity contribution is -0.385. The fourth-order valence-corrected chi connectivity index (χ4v) is 2.20. The van der Waals surface area contributed by atoms with Gasteiger partial charge in [0.05, 0.1) is 10.5 Å².